The molecule has 0 unspecified atom stereocenters. The molecule has 0 radical (unpaired) electrons. The van der Waals surface area contributed by atoms with Crippen LogP contribution in [-0.4, -0.2) is 14.1 Å². The third-order valence-corrected chi connectivity index (χ3v) is 11.1. The maximum atomic E-state index is 5.59. The van der Waals surface area contributed by atoms with E-state index in [0.717, 1.165) is 67.2 Å². The largest absolute Gasteiger partial charge is 0.309 e. The first kappa shape index (κ1) is 32.0. The average molecular weight is 714 g/mol. The SMILES string of the molecule is c1ccc(-c2cc(-c3ccccc3)nc(-c3c(-c4ccccc4-n4c5ccccc5c5ccccc54)cccc3-n3c4ccccc4c4ccccc43)c2)cc1. The van der Waals surface area contributed by atoms with Gasteiger partial charge >= 0.3 is 0 Å². The number of nitrogens with zero attached hydrogens (tertiary/aromatic N) is 3. The Balaban J connectivity index is 1.28. The maximum Gasteiger partial charge on any atom is 0.0743 e. The summed E-state index contributed by atoms with van der Waals surface area (Å²) in [5.74, 6) is 0. The van der Waals surface area contributed by atoms with Gasteiger partial charge in [-0.05, 0) is 65.2 Å². The lowest BCUT2D eigenvalue weighted by Crippen LogP contribution is -2.03. The molecule has 3 aromatic heterocycles. The summed E-state index contributed by atoms with van der Waals surface area (Å²) < 4.78 is 4.87. The molecule has 0 spiro atoms. The first-order valence-electron chi connectivity index (χ1n) is 19.1. The van der Waals surface area contributed by atoms with Gasteiger partial charge in [0.25, 0.3) is 0 Å². The van der Waals surface area contributed by atoms with Crippen molar-refractivity contribution in [1.82, 2.24) is 14.1 Å². The Hall–Kier alpha value is -7.49. The van der Waals surface area contributed by atoms with Crippen molar-refractivity contribution in [3.05, 3.63) is 212 Å². The molecule has 262 valence electrons. The van der Waals surface area contributed by atoms with E-state index in [-0.39, 0.29) is 0 Å². The summed E-state index contributed by atoms with van der Waals surface area (Å²) in [6.45, 7) is 0. The molecule has 0 amide bonds. The molecular formula is C53H35N3. The van der Waals surface area contributed by atoms with Gasteiger partial charge in [-0.15, -0.1) is 0 Å². The number of benzene rings is 8. The molecular weight excluding hydrogens is 679 g/mol. The van der Waals surface area contributed by atoms with Crippen LogP contribution in [-0.2, 0) is 0 Å². The topological polar surface area (TPSA) is 22.8 Å². The normalized spacial score (nSPS) is 11.6. The van der Waals surface area contributed by atoms with Crippen LogP contribution in [0.3, 0.4) is 0 Å². The molecule has 0 N–H and O–H groups in total. The van der Waals surface area contributed by atoms with Gasteiger partial charge in [-0.2, -0.15) is 0 Å². The minimum absolute atomic E-state index is 0.912. The van der Waals surface area contributed by atoms with E-state index in [9.17, 15) is 0 Å². The van der Waals surface area contributed by atoms with E-state index in [1.807, 2.05) is 0 Å². The fourth-order valence-electron chi connectivity index (χ4n) is 8.69. The van der Waals surface area contributed by atoms with E-state index in [4.69, 9.17) is 4.98 Å². The lowest BCUT2D eigenvalue weighted by atomic mass is 9.92. The highest BCUT2D eigenvalue weighted by Crippen LogP contribution is 2.45. The number of fused-ring (bicyclic) bond motifs is 6. The highest BCUT2D eigenvalue weighted by molar-refractivity contribution is 6.11. The minimum atomic E-state index is 0.912. The van der Waals surface area contributed by atoms with Crippen LogP contribution in [0.4, 0.5) is 0 Å². The molecule has 8 aromatic carbocycles. The van der Waals surface area contributed by atoms with E-state index >= 15 is 0 Å². The Labute approximate surface area is 325 Å². The quantitative estimate of drug-likeness (QED) is 0.168. The van der Waals surface area contributed by atoms with Gasteiger partial charge in [0.2, 0.25) is 0 Å². The fraction of sp³-hybridized carbons (Fsp3) is 0. The number of aromatic nitrogens is 3. The molecule has 0 saturated heterocycles. The number of para-hydroxylation sites is 5. The zero-order valence-corrected chi connectivity index (χ0v) is 30.5. The summed E-state index contributed by atoms with van der Waals surface area (Å²) in [6, 6.07) is 76.3. The molecule has 11 rings (SSSR count). The molecule has 0 fully saturated rings. The summed E-state index contributed by atoms with van der Waals surface area (Å²) in [5.41, 5.74) is 15.4. The summed E-state index contributed by atoms with van der Waals surface area (Å²) in [4.78, 5) is 5.59. The molecule has 0 aliphatic heterocycles. The minimum Gasteiger partial charge on any atom is -0.309 e. The third-order valence-electron chi connectivity index (χ3n) is 11.1. The van der Waals surface area contributed by atoms with Gasteiger partial charge in [0.15, 0.2) is 0 Å². The molecule has 56 heavy (non-hydrogen) atoms. The van der Waals surface area contributed by atoms with Crippen LogP contribution in [0.15, 0.2) is 212 Å². The first-order chi connectivity index (χ1) is 27.8. The summed E-state index contributed by atoms with van der Waals surface area (Å²) >= 11 is 0. The highest BCUT2D eigenvalue weighted by atomic mass is 15.0. The van der Waals surface area contributed by atoms with E-state index in [0.29, 0.717) is 0 Å². The van der Waals surface area contributed by atoms with Crippen LogP contribution in [0.1, 0.15) is 0 Å². The van der Waals surface area contributed by atoms with Crippen LogP contribution in [0.2, 0.25) is 0 Å². The molecule has 11 aromatic rings. The molecule has 0 atom stereocenters. The Bertz CT molecular complexity index is 3080. The van der Waals surface area contributed by atoms with Crippen molar-refractivity contribution in [3.8, 4) is 56.1 Å². The molecule has 0 aliphatic rings. The van der Waals surface area contributed by atoms with Gasteiger partial charge in [-0.25, -0.2) is 4.98 Å². The number of hydrogen-bond donors (Lipinski definition) is 0. The first-order valence-corrected chi connectivity index (χ1v) is 19.1. The summed E-state index contributed by atoms with van der Waals surface area (Å²) in [5, 5.41) is 4.92. The second kappa shape index (κ2) is 13.1. The Morgan fingerprint density at radius 3 is 1.27 bits per heavy atom. The molecule has 3 heterocycles. The van der Waals surface area contributed by atoms with Crippen molar-refractivity contribution in [2.75, 3.05) is 0 Å². The van der Waals surface area contributed by atoms with Gasteiger partial charge in [0, 0.05) is 38.2 Å². The third kappa shape index (κ3) is 5.09. The van der Waals surface area contributed by atoms with Gasteiger partial charge in [0.1, 0.15) is 0 Å². The molecule has 3 nitrogen and oxygen atoms in total. The van der Waals surface area contributed by atoms with Crippen molar-refractivity contribution < 1.29 is 0 Å². The lowest BCUT2D eigenvalue weighted by Gasteiger charge is -2.21. The molecule has 0 aliphatic carbocycles. The van der Waals surface area contributed by atoms with Crippen LogP contribution < -0.4 is 0 Å². The Morgan fingerprint density at radius 1 is 0.286 bits per heavy atom. The average Bonchev–Trinajstić information content (AvgIpc) is 3.79. The number of pyridine rings is 1. The van der Waals surface area contributed by atoms with Crippen molar-refractivity contribution in [1.29, 1.82) is 0 Å². The zero-order chi connectivity index (χ0) is 37.0. The van der Waals surface area contributed by atoms with Crippen molar-refractivity contribution >= 4 is 43.6 Å². The number of rotatable bonds is 6. The highest BCUT2D eigenvalue weighted by Gasteiger charge is 2.23. The fourth-order valence-corrected chi connectivity index (χ4v) is 8.69. The standard InChI is InChI=1S/C53H35N3/c1-3-18-36(19-4-1)38-34-45(37-20-5-2-6-21-37)54-46(35-38)53-44(27-17-33-52(53)56-49-30-14-9-24-41(49)42-25-10-15-31-50(42)56)43-26-11-16-32-51(43)55-47-28-12-7-22-39(47)40-23-8-13-29-48(40)55/h1-35H. The predicted molar refractivity (Wildman–Crippen MR) is 235 cm³/mol. The predicted octanol–water partition coefficient (Wildman–Crippen LogP) is 13.9. The molecule has 0 saturated carbocycles. The Morgan fingerprint density at radius 2 is 0.696 bits per heavy atom. The lowest BCUT2D eigenvalue weighted by molar-refractivity contribution is 1.16. The summed E-state index contributed by atoms with van der Waals surface area (Å²) in [6.07, 6.45) is 0. The van der Waals surface area contributed by atoms with E-state index < -0.39 is 0 Å². The zero-order valence-electron chi connectivity index (χ0n) is 30.5. The van der Waals surface area contributed by atoms with Crippen LogP contribution in [0.25, 0.3) is 99.8 Å². The summed E-state index contributed by atoms with van der Waals surface area (Å²) in [7, 11) is 0. The van der Waals surface area contributed by atoms with Crippen LogP contribution in [0.5, 0.6) is 0 Å². The van der Waals surface area contributed by atoms with Gasteiger partial charge < -0.3 is 9.13 Å². The smallest absolute Gasteiger partial charge is 0.0743 e. The van der Waals surface area contributed by atoms with E-state index in [1.165, 1.54) is 32.6 Å². The molecule has 3 heteroatoms. The molecule has 0 bridgehead atoms. The maximum absolute atomic E-state index is 5.59. The van der Waals surface area contributed by atoms with E-state index in [1.54, 1.807) is 0 Å². The van der Waals surface area contributed by atoms with Crippen molar-refractivity contribution in [3.63, 3.8) is 0 Å². The van der Waals surface area contributed by atoms with E-state index in [2.05, 4.69) is 221 Å². The van der Waals surface area contributed by atoms with Gasteiger partial charge in [0.05, 0.1) is 44.8 Å². The van der Waals surface area contributed by atoms with Crippen molar-refractivity contribution in [2.45, 2.75) is 0 Å². The van der Waals surface area contributed by atoms with Gasteiger partial charge in [-0.3, -0.25) is 0 Å². The second-order valence-electron chi connectivity index (χ2n) is 14.3. The monoisotopic (exact) mass is 713 g/mol. The van der Waals surface area contributed by atoms with Gasteiger partial charge in [-0.1, -0.05) is 164 Å². The van der Waals surface area contributed by atoms with Crippen molar-refractivity contribution in [2.24, 2.45) is 0 Å². The number of hydrogen-bond acceptors (Lipinski definition) is 1. The van der Waals surface area contributed by atoms with Crippen LogP contribution >= 0.6 is 0 Å². The Kier molecular flexibility index (Phi) is 7.49. The van der Waals surface area contributed by atoms with Crippen LogP contribution in [0, 0.1) is 0 Å². The second-order valence-corrected chi connectivity index (χ2v) is 14.3.